The van der Waals surface area contributed by atoms with Gasteiger partial charge in [0.2, 0.25) is 0 Å². The van der Waals surface area contributed by atoms with Crippen LogP contribution in [0.15, 0.2) is 24.3 Å². The highest BCUT2D eigenvalue weighted by Gasteiger charge is 2.12. The molecule has 1 N–H and O–H groups in total. The van der Waals surface area contributed by atoms with Crippen LogP contribution in [-0.2, 0) is 4.74 Å². The van der Waals surface area contributed by atoms with Crippen LogP contribution in [0, 0.1) is 11.3 Å². The van der Waals surface area contributed by atoms with Crippen molar-refractivity contribution in [2.24, 2.45) is 0 Å². The Bertz CT molecular complexity index is 388. The van der Waals surface area contributed by atoms with E-state index in [-0.39, 0.29) is 0 Å². The average molecular weight is 244 g/mol. The first-order valence-corrected chi connectivity index (χ1v) is 6.74. The summed E-state index contributed by atoms with van der Waals surface area (Å²) in [5.74, 6) is 0. The third-order valence-corrected chi connectivity index (χ3v) is 3.35. The van der Waals surface area contributed by atoms with Crippen molar-refractivity contribution in [3.05, 3.63) is 29.8 Å². The zero-order chi connectivity index (χ0) is 12.6. The normalized spacial score (nSPS) is 16.2. The Hall–Kier alpha value is -1.53. The summed E-state index contributed by atoms with van der Waals surface area (Å²) >= 11 is 0. The molecule has 0 heterocycles. The molecule has 0 atom stereocenters. The van der Waals surface area contributed by atoms with E-state index in [0.29, 0.717) is 11.7 Å². The molecule has 1 aromatic carbocycles. The maximum absolute atomic E-state index is 8.70. The van der Waals surface area contributed by atoms with Gasteiger partial charge in [-0.15, -0.1) is 0 Å². The van der Waals surface area contributed by atoms with E-state index in [1.54, 1.807) is 0 Å². The summed E-state index contributed by atoms with van der Waals surface area (Å²) in [4.78, 5) is 0. The molecule has 1 fully saturated rings. The first-order chi connectivity index (χ1) is 8.88. The fourth-order valence-corrected chi connectivity index (χ4v) is 2.32. The molecule has 18 heavy (non-hydrogen) atoms. The highest BCUT2D eigenvalue weighted by atomic mass is 16.5. The number of hydrogen-bond donors (Lipinski definition) is 1. The molecule has 0 unspecified atom stereocenters. The first kappa shape index (κ1) is 12.9. The van der Waals surface area contributed by atoms with Crippen molar-refractivity contribution in [1.82, 2.24) is 0 Å². The minimum atomic E-state index is 0.474. The first-order valence-electron chi connectivity index (χ1n) is 6.74. The number of benzene rings is 1. The van der Waals surface area contributed by atoms with Crippen molar-refractivity contribution in [3.63, 3.8) is 0 Å². The van der Waals surface area contributed by atoms with Gasteiger partial charge in [0, 0.05) is 12.2 Å². The third kappa shape index (κ3) is 4.05. The molecule has 0 radical (unpaired) electrons. The molecule has 0 bridgehead atoms. The molecular formula is C15H20N2O. The molecular weight excluding hydrogens is 224 g/mol. The Kier molecular flexibility index (Phi) is 5.04. The van der Waals surface area contributed by atoms with Crippen LogP contribution in [0.2, 0.25) is 0 Å². The van der Waals surface area contributed by atoms with Gasteiger partial charge in [-0.25, -0.2) is 0 Å². The average Bonchev–Trinajstić information content (AvgIpc) is 2.45. The molecule has 2 rings (SSSR count). The zero-order valence-electron chi connectivity index (χ0n) is 10.7. The van der Waals surface area contributed by atoms with Crippen LogP contribution >= 0.6 is 0 Å². The van der Waals surface area contributed by atoms with Crippen LogP contribution in [0.1, 0.15) is 37.7 Å². The van der Waals surface area contributed by atoms with E-state index in [4.69, 9.17) is 10.00 Å². The van der Waals surface area contributed by atoms with Crippen LogP contribution in [0.4, 0.5) is 5.69 Å². The lowest BCUT2D eigenvalue weighted by molar-refractivity contribution is 0.0347. The van der Waals surface area contributed by atoms with Gasteiger partial charge in [0.05, 0.1) is 24.3 Å². The van der Waals surface area contributed by atoms with Crippen LogP contribution in [-0.4, -0.2) is 19.3 Å². The van der Waals surface area contributed by atoms with E-state index in [9.17, 15) is 0 Å². The second-order valence-corrected chi connectivity index (χ2v) is 4.75. The van der Waals surface area contributed by atoms with Gasteiger partial charge < -0.3 is 10.1 Å². The minimum absolute atomic E-state index is 0.474. The Morgan fingerprint density at radius 2 is 1.89 bits per heavy atom. The number of nitriles is 1. The van der Waals surface area contributed by atoms with Crippen molar-refractivity contribution in [1.29, 1.82) is 5.26 Å². The summed E-state index contributed by atoms with van der Waals surface area (Å²) in [6.45, 7) is 1.58. The Labute approximate surface area is 109 Å². The van der Waals surface area contributed by atoms with Crippen molar-refractivity contribution in [3.8, 4) is 6.07 Å². The molecule has 0 amide bonds. The maximum Gasteiger partial charge on any atom is 0.0991 e. The Morgan fingerprint density at radius 1 is 1.17 bits per heavy atom. The molecule has 1 aliphatic rings. The van der Waals surface area contributed by atoms with Gasteiger partial charge in [0.15, 0.2) is 0 Å². The number of nitrogens with one attached hydrogen (secondary N) is 1. The fraction of sp³-hybridized carbons (Fsp3) is 0.533. The lowest BCUT2D eigenvalue weighted by Crippen LogP contribution is -2.20. The van der Waals surface area contributed by atoms with E-state index in [0.717, 1.165) is 18.8 Å². The van der Waals surface area contributed by atoms with Crippen molar-refractivity contribution in [2.75, 3.05) is 18.5 Å². The third-order valence-electron chi connectivity index (χ3n) is 3.35. The van der Waals surface area contributed by atoms with E-state index in [2.05, 4.69) is 11.4 Å². The van der Waals surface area contributed by atoms with E-state index in [1.807, 2.05) is 24.3 Å². The van der Waals surface area contributed by atoms with Crippen molar-refractivity contribution in [2.45, 2.75) is 38.2 Å². The molecule has 0 aliphatic heterocycles. The topological polar surface area (TPSA) is 45.0 Å². The van der Waals surface area contributed by atoms with E-state index in [1.165, 1.54) is 32.1 Å². The van der Waals surface area contributed by atoms with Crippen molar-refractivity contribution >= 4 is 5.69 Å². The predicted molar refractivity (Wildman–Crippen MR) is 72.5 cm³/mol. The van der Waals surface area contributed by atoms with E-state index >= 15 is 0 Å². The lowest BCUT2D eigenvalue weighted by Gasteiger charge is -2.22. The van der Waals surface area contributed by atoms with Gasteiger partial charge in [0.25, 0.3) is 0 Å². The van der Waals surface area contributed by atoms with Gasteiger partial charge >= 0.3 is 0 Å². The lowest BCUT2D eigenvalue weighted by atomic mass is 9.98. The maximum atomic E-state index is 8.70. The smallest absolute Gasteiger partial charge is 0.0991 e. The highest BCUT2D eigenvalue weighted by molar-refractivity contribution is 5.47. The standard InChI is InChI=1S/C15H20N2O/c16-12-13-6-8-14(9-7-13)17-10-11-18-15-4-2-1-3-5-15/h6-9,15,17H,1-5,10-11H2. The highest BCUT2D eigenvalue weighted by Crippen LogP contribution is 2.20. The summed E-state index contributed by atoms with van der Waals surface area (Å²) in [7, 11) is 0. The summed E-state index contributed by atoms with van der Waals surface area (Å²) in [6.07, 6.45) is 6.90. The molecule has 96 valence electrons. The Balaban J connectivity index is 1.63. The van der Waals surface area contributed by atoms with Gasteiger partial charge in [0.1, 0.15) is 0 Å². The quantitative estimate of drug-likeness (QED) is 0.808. The molecule has 0 saturated heterocycles. The van der Waals surface area contributed by atoms with Crippen LogP contribution < -0.4 is 5.32 Å². The second kappa shape index (κ2) is 7.03. The summed E-state index contributed by atoms with van der Waals surface area (Å²) in [5, 5.41) is 12.0. The number of anilines is 1. The predicted octanol–water partition coefficient (Wildman–Crippen LogP) is 3.32. The summed E-state index contributed by atoms with van der Waals surface area (Å²) in [5.41, 5.74) is 1.74. The van der Waals surface area contributed by atoms with Gasteiger partial charge in [-0.3, -0.25) is 0 Å². The monoisotopic (exact) mass is 244 g/mol. The molecule has 1 aromatic rings. The van der Waals surface area contributed by atoms with Gasteiger partial charge in [-0.1, -0.05) is 19.3 Å². The summed E-state index contributed by atoms with van der Waals surface area (Å²) < 4.78 is 5.83. The number of rotatable bonds is 5. The molecule has 1 aliphatic carbocycles. The molecule has 0 spiro atoms. The van der Waals surface area contributed by atoms with Crippen molar-refractivity contribution < 1.29 is 4.74 Å². The Morgan fingerprint density at radius 3 is 2.56 bits per heavy atom. The largest absolute Gasteiger partial charge is 0.383 e. The minimum Gasteiger partial charge on any atom is -0.383 e. The van der Waals surface area contributed by atoms with Crippen LogP contribution in [0.5, 0.6) is 0 Å². The van der Waals surface area contributed by atoms with Crippen LogP contribution in [0.3, 0.4) is 0 Å². The number of ether oxygens (including phenoxy) is 1. The van der Waals surface area contributed by atoms with E-state index < -0.39 is 0 Å². The van der Waals surface area contributed by atoms with Crippen LogP contribution in [0.25, 0.3) is 0 Å². The molecule has 0 aromatic heterocycles. The molecule has 1 saturated carbocycles. The number of hydrogen-bond acceptors (Lipinski definition) is 3. The van der Waals surface area contributed by atoms with Gasteiger partial charge in [-0.05, 0) is 37.1 Å². The summed E-state index contributed by atoms with van der Waals surface area (Å²) in [6, 6.07) is 9.62. The van der Waals surface area contributed by atoms with Gasteiger partial charge in [-0.2, -0.15) is 5.26 Å². The second-order valence-electron chi connectivity index (χ2n) is 4.75. The fourth-order valence-electron chi connectivity index (χ4n) is 2.32. The SMILES string of the molecule is N#Cc1ccc(NCCOC2CCCCC2)cc1. The molecule has 3 nitrogen and oxygen atoms in total. The molecule has 3 heteroatoms. The number of nitrogens with zero attached hydrogens (tertiary/aromatic N) is 1. The zero-order valence-corrected chi connectivity index (χ0v) is 10.7.